The molecule has 0 heterocycles. The lowest BCUT2D eigenvalue weighted by molar-refractivity contribution is 0.0600. The van der Waals surface area contributed by atoms with E-state index in [0.717, 1.165) is 21.9 Å². The summed E-state index contributed by atoms with van der Waals surface area (Å²) in [4.78, 5) is 23.9. The quantitative estimate of drug-likeness (QED) is 0.208. The van der Waals surface area contributed by atoms with Crippen molar-refractivity contribution in [3.63, 3.8) is 0 Å². The fourth-order valence-electron chi connectivity index (χ4n) is 3.42. The van der Waals surface area contributed by atoms with Crippen LogP contribution in [0.15, 0.2) is 84.0 Å². The van der Waals surface area contributed by atoms with Gasteiger partial charge in [-0.05, 0) is 53.4 Å². The number of methoxy groups -OCH3 is 1. The first-order valence-corrected chi connectivity index (χ1v) is 11.0. The summed E-state index contributed by atoms with van der Waals surface area (Å²) >= 11 is 5.86. The van der Waals surface area contributed by atoms with Crippen molar-refractivity contribution in [2.75, 3.05) is 7.11 Å². The minimum absolute atomic E-state index is 0.0858. The van der Waals surface area contributed by atoms with E-state index >= 15 is 0 Å². The maximum absolute atomic E-state index is 12.3. The lowest BCUT2D eigenvalue weighted by Gasteiger charge is -2.11. The third-order valence-corrected chi connectivity index (χ3v) is 5.57. The van der Waals surface area contributed by atoms with Gasteiger partial charge in [-0.2, -0.15) is 5.10 Å². The highest BCUT2D eigenvalue weighted by atomic mass is 35.5. The van der Waals surface area contributed by atoms with E-state index in [4.69, 9.17) is 21.1 Å². The number of carbonyl (C=O) groups is 2. The molecular formula is C27H21ClN2O5. The summed E-state index contributed by atoms with van der Waals surface area (Å²) in [5.41, 5.74) is 4.91. The van der Waals surface area contributed by atoms with Crippen LogP contribution in [0.25, 0.3) is 10.8 Å². The number of halogens is 1. The molecule has 8 heteroatoms. The highest BCUT2D eigenvalue weighted by Gasteiger charge is 2.09. The van der Waals surface area contributed by atoms with Gasteiger partial charge in [0.1, 0.15) is 18.1 Å². The van der Waals surface area contributed by atoms with Gasteiger partial charge in [-0.25, -0.2) is 10.2 Å². The van der Waals surface area contributed by atoms with Crippen LogP contribution in [-0.4, -0.2) is 30.3 Å². The second kappa shape index (κ2) is 10.7. The Hall–Kier alpha value is -4.36. The van der Waals surface area contributed by atoms with Crippen molar-refractivity contribution in [3.05, 3.63) is 106 Å². The van der Waals surface area contributed by atoms with E-state index in [1.165, 1.54) is 25.3 Å². The third kappa shape index (κ3) is 5.59. The molecule has 0 unspecified atom stereocenters. The second-order valence-corrected chi connectivity index (χ2v) is 7.95. The topological polar surface area (TPSA) is 97.2 Å². The number of esters is 1. The van der Waals surface area contributed by atoms with Gasteiger partial charge in [-0.15, -0.1) is 0 Å². The Morgan fingerprint density at radius 1 is 0.971 bits per heavy atom. The molecule has 7 nitrogen and oxygen atoms in total. The number of ether oxygens (including phenoxy) is 2. The van der Waals surface area contributed by atoms with Gasteiger partial charge in [0.05, 0.1) is 23.9 Å². The van der Waals surface area contributed by atoms with Crippen LogP contribution in [0.2, 0.25) is 5.02 Å². The molecule has 0 saturated carbocycles. The smallest absolute Gasteiger partial charge is 0.337 e. The Morgan fingerprint density at radius 2 is 1.69 bits per heavy atom. The minimum Gasteiger partial charge on any atom is -0.506 e. The number of nitrogens with zero attached hydrogens (tertiary/aromatic N) is 1. The molecule has 4 aromatic rings. The highest BCUT2D eigenvalue weighted by Crippen LogP contribution is 2.29. The van der Waals surface area contributed by atoms with E-state index in [1.807, 2.05) is 48.5 Å². The number of benzene rings is 4. The predicted octanol–water partition coefficient (Wildman–Crippen LogP) is 5.33. The lowest BCUT2D eigenvalue weighted by atomic mass is 10.0. The number of phenols is 1. The summed E-state index contributed by atoms with van der Waals surface area (Å²) in [6.45, 7) is 0.324. The molecule has 35 heavy (non-hydrogen) atoms. The molecular weight excluding hydrogens is 468 g/mol. The van der Waals surface area contributed by atoms with E-state index in [-0.39, 0.29) is 22.3 Å². The maximum atomic E-state index is 12.3. The highest BCUT2D eigenvalue weighted by molar-refractivity contribution is 6.32. The van der Waals surface area contributed by atoms with Gasteiger partial charge in [0, 0.05) is 16.5 Å². The van der Waals surface area contributed by atoms with Crippen LogP contribution < -0.4 is 10.2 Å². The zero-order valence-corrected chi connectivity index (χ0v) is 19.5. The summed E-state index contributed by atoms with van der Waals surface area (Å²) in [6.07, 6.45) is 1.55. The van der Waals surface area contributed by atoms with Crippen molar-refractivity contribution in [3.8, 4) is 11.5 Å². The molecule has 0 spiro atoms. The van der Waals surface area contributed by atoms with Crippen LogP contribution in [0, 0.1) is 0 Å². The van der Waals surface area contributed by atoms with Crippen LogP contribution in [0.1, 0.15) is 31.8 Å². The molecule has 4 rings (SSSR count). The molecule has 0 fully saturated rings. The van der Waals surface area contributed by atoms with E-state index in [0.29, 0.717) is 17.9 Å². The predicted molar refractivity (Wildman–Crippen MR) is 134 cm³/mol. The first kappa shape index (κ1) is 23.8. The largest absolute Gasteiger partial charge is 0.506 e. The summed E-state index contributed by atoms with van der Waals surface area (Å²) < 4.78 is 10.8. The molecule has 0 atom stereocenters. The van der Waals surface area contributed by atoms with Gasteiger partial charge in [0.15, 0.2) is 0 Å². The first-order chi connectivity index (χ1) is 17.0. The molecule has 1 amide bonds. The van der Waals surface area contributed by atoms with E-state index < -0.39 is 5.91 Å². The Balaban J connectivity index is 1.48. The summed E-state index contributed by atoms with van der Waals surface area (Å²) in [5.74, 6) is -0.245. The summed E-state index contributed by atoms with van der Waals surface area (Å²) in [5, 5.41) is 15.4. The zero-order chi connectivity index (χ0) is 24.8. The Labute approximate surface area is 206 Å². The van der Waals surface area contributed by atoms with Gasteiger partial charge in [0.25, 0.3) is 5.91 Å². The zero-order valence-electron chi connectivity index (χ0n) is 18.7. The summed E-state index contributed by atoms with van der Waals surface area (Å²) in [6, 6.07) is 22.6. The Bertz CT molecular complexity index is 1420. The molecule has 0 radical (unpaired) electrons. The fraction of sp³-hybridized carbons (Fsp3) is 0.0741. The van der Waals surface area contributed by atoms with Crippen molar-refractivity contribution in [2.24, 2.45) is 5.10 Å². The number of amides is 1. The monoisotopic (exact) mass is 488 g/mol. The van der Waals surface area contributed by atoms with Crippen molar-refractivity contribution in [1.29, 1.82) is 0 Å². The summed E-state index contributed by atoms with van der Waals surface area (Å²) in [7, 11) is 1.35. The normalized spacial score (nSPS) is 10.9. The van der Waals surface area contributed by atoms with Crippen molar-refractivity contribution < 1.29 is 24.2 Å². The number of rotatable bonds is 7. The average molecular weight is 489 g/mol. The van der Waals surface area contributed by atoms with Gasteiger partial charge in [-0.3, -0.25) is 4.79 Å². The van der Waals surface area contributed by atoms with Crippen LogP contribution in [0.4, 0.5) is 0 Å². The number of fused-ring (bicyclic) bond motifs is 1. The average Bonchev–Trinajstić information content (AvgIpc) is 2.89. The Kier molecular flexibility index (Phi) is 7.28. The number of aromatic hydroxyl groups is 1. The minimum atomic E-state index is -0.453. The van der Waals surface area contributed by atoms with Gasteiger partial charge >= 0.3 is 5.97 Å². The molecule has 0 aliphatic heterocycles. The molecule has 0 aliphatic carbocycles. The van der Waals surface area contributed by atoms with Gasteiger partial charge < -0.3 is 14.6 Å². The second-order valence-electron chi connectivity index (χ2n) is 7.54. The maximum Gasteiger partial charge on any atom is 0.337 e. The first-order valence-electron chi connectivity index (χ1n) is 10.6. The SMILES string of the molecule is COC(=O)c1ccc(COc2ccc(/C=N/NC(=O)c3ccc(O)c(Cl)c3)c3ccccc23)cc1. The molecule has 0 bridgehead atoms. The van der Waals surface area contributed by atoms with Crippen LogP contribution in [0.5, 0.6) is 11.5 Å². The third-order valence-electron chi connectivity index (χ3n) is 5.27. The van der Waals surface area contributed by atoms with Crippen molar-refractivity contribution in [2.45, 2.75) is 6.61 Å². The molecule has 0 aromatic heterocycles. The molecule has 0 saturated heterocycles. The number of phenolic OH excluding ortho intramolecular Hbond substituents is 1. The van der Waals surface area contributed by atoms with Crippen LogP contribution in [-0.2, 0) is 11.3 Å². The Morgan fingerprint density at radius 3 is 2.40 bits per heavy atom. The van der Waals surface area contributed by atoms with Crippen molar-refractivity contribution >= 4 is 40.5 Å². The molecule has 0 aliphatic rings. The fourth-order valence-corrected chi connectivity index (χ4v) is 3.60. The number of carbonyl (C=O) groups excluding carboxylic acids is 2. The van der Waals surface area contributed by atoms with Crippen LogP contribution in [0.3, 0.4) is 0 Å². The van der Waals surface area contributed by atoms with Gasteiger partial charge in [0.2, 0.25) is 0 Å². The number of hydrogen-bond donors (Lipinski definition) is 2. The van der Waals surface area contributed by atoms with E-state index in [1.54, 1.807) is 18.3 Å². The number of hydrogen-bond acceptors (Lipinski definition) is 6. The van der Waals surface area contributed by atoms with Gasteiger partial charge in [-0.1, -0.05) is 48.0 Å². The van der Waals surface area contributed by atoms with Crippen molar-refractivity contribution in [1.82, 2.24) is 5.43 Å². The standard InChI is InChI=1S/C27H21ClN2O5/c1-34-27(33)18-8-6-17(7-9-18)16-35-25-13-11-20(21-4-2-3-5-22(21)25)15-29-30-26(32)19-10-12-24(31)23(28)14-19/h2-15,31H,16H2,1H3,(H,30,32)/b29-15+. The molecule has 176 valence electrons. The van der Waals surface area contributed by atoms with E-state index in [9.17, 15) is 14.7 Å². The van der Waals surface area contributed by atoms with Crippen LogP contribution >= 0.6 is 11.6 Å². The molecule has 4 aromatic carbocycles. The van der Waals surface area contributed by atoms with E-state index in [2.05, 4.69) is 10.5 Å². The lowest BCUT2D eigenvalue weighted by Crippen LogP contribution is -2.17. The number of nitrogens with one attached hydrogen (secondary N) is 1. The molecule has 2 N–H and O–H groups in total. The number of hydrazone groups is 1.